The van der Waals surface area contributed by atoms with Crippen LogP contribution in [0.1, 0.15) is 43.5 Å². The summed E-state index contributed by atoms with van der Waals surface area (Å²) in [6.45, 7) is 4.19. The molecule has 0 aromatic heterocycles. The monoisotopic (exact) mass is 354 g/mol. The molecule has 0 radical (unpaired) electrons. The SMILES string of the molecule is CCCCN(C)C(=O)CCN(c1cccc(C(C)=O)c1)S(C)(=O)=O. The Balaban J connectivity index is 2.90. The zero-order chi connectivity index (χ0) is 18.3. The van der Waals surface area contributed by atoms with Gasteiger partial charge in [-0.2, -0.15) is 0 Å². The van der Waals surface area contributed by atoms with Crippen LogP contribution in [0.4, 0.5) is 5.69 Å². The lowest BCUT2D eigenvalue weighted by atomic mass is 10.1. The average Bonchev–Trinajstić information content (AvgIpc) is 2.51. The Bertz CT molecular complexity index is 686. The molecule has 0 aliphatic carbocycles. The van der Waals surface area contributed by atoms with Crippen molar-refractivity contribution >= 4 is 27.4 Å². The molecule has 0 unspecified atom stereocenters. The van der Waals surface area contributed by atoms with Gasteiger partial charge in [0.1, 0.15) is 0 Å². The average molecular weight is 354 g/mol. The fraction of sp³-hybridized carbons (Fsp3) is 0.529. The molecule has 0 aliphatic heterocycles. The van der Waals surface area contributed by atoms with Gasteiger partial charge in [-0.1, -0.05) is 25.5 Å². The van der Waals surface area contributed by atoms with Gasteiger partial charge in [0, 0.05) is 32.1 Å². The summed E-state index contributed by atoms with van der Waals surface area (Å²) >= 11 is 0. The zero-order valence-electron chi connectivity index (χ0n) is 14.8. The Labute approximate surface area is 144 Å². The molecule has 7 heteroatoms. The minimum Gasteiger partial charge on any atom is -0.346 e. The van der Waals surface area contributed by atoms with Gasteiger partial charge in [-0.05, 0) is 25.5 Å². The van der Waals surface area contributed by atoms with Crippen molar-refractivity contribution < 1.29 is 18.0 Å². The quantitative estimate of drug-likeness (QED) is 0.638. The van der Waals surface area contributed by atoms with Crippen molar-refractivity contribution in [2.24, 2.45) is 0 Å². The maximum absolute atomic E-state index is 12.1. The molecular formula is C17H26N2O4S. The number of rotatable bonds is 9. The minimum atomic E-state index is -3.55. The van der Waals surface area contributed by atoms with Gasteiger partial charge in [0.05, 0.1) is 11.9 Å². The lowest BCUT2D eigenvalue weighted by Crippen LogP contribution is -2.35. The molecule has 1 aromatic carbocycles. The fourth-order valence-electron chi connectivity index (χ4n) is 2.27. The van der Waals surface area contributed by atoms with Crippen molar-refractivity contribution in [1.82, 2.24) is 4.90 Å². The van der Waals surface area contributed by atoms with E-state index >= 15 is 0 Å². The molecule has 0 aliphatic rings. The number of amides is 1. The second-order valence-corrected chi connectivity index (χ2v) is 7.77. The van der Waals surface area contributed by atoms with E-state index in [9.17, 15) is 18.0 Å². The Morgan fingerprint density at radius 1 is 1.17 bits per heavy atom. The number of unbranched alkanes of at least 4 members (excludes halogenated alkanes) is 1. The summed E-state index contributed by atoms with van der Waals surface area (Å²) in [5.41, 5.74) is 0.835. The van der Waals surface area contributed by atoms with Crippen LogP contribution >= 0.6 is 0 Å². The number of hydrogen-bond acceptors (Lipinski definition) is 4. The summed E-state index contributed by atoms with van der Waals surface area (Å²) in [6.07, 6.45) is 3.10. The largest absolute Gasteiger partial charge is 0.346 e. The molecule has 1 amide bonds. The van der Waals surface area contributed by atoms with Crippen molar-refractivity contribution in [2.45, 2.75) is 33.1 Å². The second-order valence-electron chi connectivity index (χ2n) is 5.86. The van der Waals surface area contributed by atoms with Gasteiger partial charge in [0.25, 0.3) is 0 Å². The van der Waals surface area contributed by atoms with Gasteiger partial charge >= 0.3 is 0 Å². The molecular weight excluding hydrogens is 328 g/mol. The standard InChI is InChI=1S/C17H26N2O4S/c1-5-6-11-18(3)17(21)10-12-19(24(4,22)23)16-9-7-8-15(13-16)14(2)20/h7-9,13H,5-6,10-12H2,1-4H3. The normalized spacial score (nSPS) is 11.2. The third-order valence-corrected chi connectivity index (χ3v) is 4.94. The molecule has 134 valence electrons. The number of Topliss-reactive ketones (excluding diaryl/α,β-unsaturated/α-hetero) is 1. The van der Waals surface area contributed by atoms with Gasteiger partial charge in [0.2, 0.25) is 15.9 Å². The van der Waals surface area contributed by atoms with E-state index in [-0.39, 0.29) is 24.7 Å². The number of benzene rings is 1. The highest BCUT2D eigenvalue weighted by Crippen LogP contribution is 2.20. The van der Waals surface area contributed by atoms with Crippen molar-refractivity contribution in [3.8, 4) is 0 Å². The van der Waals surface area contributed by atoms with Crippen molar-refractivity contribution in [2.75, 3.05) is 30.7 Å². The van der Waals surface area contributed by atoms with Crippen LogP contribution in [0.3, 0.4) is 0 Å². The lowest BCUT2D eigenvalue weighted by Gasteiger charge is -2.24. The summed E-state index contributed by atoms with van der Waals surface area (Å²) in [4.78, 5) is 25.3. The molecule has 1 rings (SSSR count). The highest BCUT2D eigenvalue weighted by Gasteiger charge is 2.20. The van der Waals surface area contributed by atoms with Gasteiger partial charge in [-0.25, -0.2) is 8.42 Å². The van der Waals surface area contributed by atoms with E-state index in [2.05, 4.69) is 0 Å². The van der Waals surface area contributed by atoms with Crippen LogP contribution < -0.4 is 4.31 Å². The molecule has 6 nitrogen and oxygen atoms in total. The Morgan fingerprint density at radius 3 is 2.38 bits per heavy atom. The summed E-state index contributed by atoms with van der Waals surface area (Å²) in [6, 6.07) is 6.43. The number of carbonyl (C=O) groups is 2. The van der Waals surface area contributed by atoms with Crippen LogP contribution in [0.5, 0.6) is 0 Å². The third kappa shape index (κ3) is 5.96. The van der Waals surface area contributed by atoms with Crippen molar-refractivity contribution in [3.63, 3.8) is 0 Å². The first-order valence-electron chi connectivity index (χ1n) is 7.99. The van der Waals surface area contributed by atoms with E-state index in [4.69, 9.17) is 0 Å². The summed E-state index contributed by atoms with van der Waals surface area (Å²) in [5, 5.41) is 0. The van der Waals surface area contributed by atoms with E-state index in [1.54, 1.807) is 30.1 Å². The van der Waals surface area contributed by atoms with Crippen molar-refractivity contribution in [1.29, 1.82) is 0 Å². The molecule has 0 atom stereocenters. The number of carbonyl (C=O) groups excluding carboxylic acids is 2. The molecule has 1 aromatic rings. The molecule has 0 saturated carbocycles. The number of ketones is 1. The smallest absolute Gasteiger partial charge is 0.232 e. The molecule has 0 saturated heterocycles. The highest BCUT2D eigenvalue weighted by atomic mass is 32.2. The van der Waals surface area contributed by atoms with Crippen LogP contribution in [0.15, 0.2) is 24.3 Å². The van der Waals surface area contributed by atoms with Gasteiger partial charge in [-0.3, -0.25) is 13.9 Å². The predicted molar refractivity (Wildman–Crippen MR) is 95.8 cm³/mol. The van der Waals surface area contributed by atoms with Crippen LogP contribution in [-0.2, 0) is 14.8 Å². The number of sulfonamides is 1. The van der Waals surface area contributed by atoms with Crippen LogP contribution in [0.25, 0.3) is 0 Å². The first kappa shape index (κ1) is 20.2. The van der Waals surface area contributed by atoms with E-state index in [1.165, 1.54) is 17.3 Å². The maximum Gasteiger partial charge on any atom is 0.232 e. The Kier molecular flexibility index (Phi) is 7.41. The first-order valence-corrected chi connectivity index (χ1v) is 9.84. The Morgan fingerprint density at radius 2 is 1.83 bits per heavy atom. The van der Waals surface area contributed by atoms with E-state index in [1.807, 2.05) is 6.92 Å². The minimum absolute atomic E-state index is 0.0511. The van der Waals surface area contributed by atoms with E-state index < -0.39 is 10.0 Å². The van der Waals surface area contributed by atoms with Gasteiger partial charge < -0.3 is 4.90 Å². The number of hydrogen-bond donors (Lipinski definition) is 0. The molecule has 0 fully saturated rings. The van der Waals surface area contributed by atoms with Gasteiger partial charge in [0.15, 0.2) is 5.78 Å². The molecule has 24 heavy (non-hydrogen) atoms. The van der Waals surface area contributed by atoms with Gasteiger partial charge in [-0.15, -0.1) is 0 Å². The number of anilines is 1. The topological polar surface area (TPSA) is 74.8 Å². The van der Waals surface area contributed by atoms with E-state index in [0.29, 0.717) is 17.8 Å². The summed E-state index contributed by atoms with van der Waals surface area (Å²) < 4.78 is 25.3. The number of nitrogens with zero attached hydrogens (tertiary/aromatic N) is 2. The predicted octanol–water partition coefficient (Wildman–Crippen LogP) is 2.30. The highest BCUT2D eigenvalue weighted by molar-refractivity contribution is 7.92. The summed E-state index contributed by atoms with van der Waals surface area (Å²) in [7, 11) is -1.83. The fourth-order valence-corrected chi connectivity index (χ4v) is 3.19. The molecule has 0 heterocycles. The van der Waals surface area contributed by atoms with Crippen LogP contribution in [0, 0.1) is 0 Å². The molecule has 0 bridgehead atoms. The lowest BCUT2D eigenvalue weighted by molar-refractivity contribution is -0.129. The molecule has 0 spiro atoms. The zero-order valence-corrected chi connectivity index (χ0v) is 15.6. The second kappa shape index (κ2) is 8.82. The van der Waals surface area contributed by atoms with Crippen molar-refractivity contribution in [3.05, 3.63) is 29.8 Å². The van der Waals surface area contributed by atoms with Crippen LogP contribution in [0.2, 0.25) is 0 Å². The van der Waals surface area contributed by atoms with Crippen LogP contribution in [-0.4, -0.2) is 51.4 Å². The molecule has 0 N–H and O–H groups in total. The Hall–Kier alpha value is -1.89. The maximum atomic E-state index is 12.1. The summed E-state index contributed by atoms with van der Waals surface area (Å²) in [5.74, 6) is -0.236. The van der Waals surface area contributed by atoms with E-state index in [0.717, 1.165) is 19.1 Å². The first-order chi connectivity index (χ1) is 11.2. The third-order valence-electron chi connectivity index (χ3n) is 3.74.